The zero-order valence-electron chi connectivity index (χ0n) is 11.0. The van der Waals surface area contributed by atoms with Crippen LogP contribution in [0.25, 0.3) is 0 Å². The molecule has 0 saturated heterocycles. The molecule has 0 spiro atoms. The number of nitrogens with zero attached hydrogens (tertiary/aromatic N) is 1. The van der Waals surface area contributed by atoms with Crippen molar-refractivity contribution < 1.29 is 13.2 Å². The smallest absolute Gasteiger partial charge is 0.324 e. The van der Waals surface area contributed by atoms with Crippen LogP contribution in [0.1, 0.15) is 24.1 Å². The third-order valence-electron chi connectivity index (χ3n) is 2.76. The number of aromatic nitrogens is 1. The van der Waals surface area contributed by atoms with E-state index in [9.17, 15) is 13.2 Å². The minimum atomic E-state index is -4.38. The second-order valence-electron chi connectivity index (χ2n) is 4.46. The van der Waals surface area contributed by atoms with Crippen LogP contribution in [-0.2, 0) is 6.18 Å². The number of hydrogen-bond donors (Lipinski definition) is 1. The molecule has 1 aromatic heterocycles. The molecule has 0 aliphatic heterocycles. The Morgan fingerprint density at radius 3 is 2.43 bits per heavy atom. The molecule has 112 valence electrons. The monoisotopic (exact) mass is 332 g/mol. The summed E-state index contributed by atoms with van der Waals surface area (Å²) in [5, 5.41) is 0.940. The summed E-state index contributed by atoms with van der Waals surface area (Å²) in [5.41, 5.74) is 5.88. The van der Waals surface area contributed by atoms with Gasteiger partial charge >= 0.3 is 6.18 Å². The third kappa shape index (κ3) is 4.12. The number of hydrogen-bond acceptors (Lipinski definition) is 3. The second kappa shape index (κ2) is 6.25. The van der Waals surface area contributed by atoms with Gasteiger partial charge in [0.1, 0.15) is 5.03 Å². The SMILES string of the molecule is C[C@@H](N)c1ccc(Sc2ccc(C(F)(F)F)cn2)c(Cl)c1. The molecule has 2 aromatic rings. The summed E-state index contributed by atoms with van der Waals surface area (Å²) in [6.45, 7) is 1.84. The summed E-state index contributed by atoms with van der Waals surface area (Å²) in [7, 11) is 0. The molecule has 2 rings (SSSR count). The lowest BCUT2D eigenvalue weighted by atomic mass is 10.1. The summed E-state index contributed by atoms with van der Waals surface area (Å²) in [5.74, 6) is 0. The van der Waals surface area contributed by atoms with Gasteiger partial charge in [0.2, 0.25) is 0 Å². The topological polar surface area (TPSA) is 38.9 Å². The van der Waals surface area contributed by atoms with Gasteiger partial charge in [0, 0.05) is 17.1 Å². The molecule has 0 radical (unpaired) electrons. The van der Waals surface area contributed by atoms with E-state index < -0.39 is 11.7 Å². The summed E-state index contributed by atoms with van der Waals surface area (Å²) >= 11 is 7.35. The fourth-order valence-corrected chi connectivity index (χ4v) is 2.67. The van der Waals surface area contributed by atoms with E-state index in [1.165, 1.54) is 17.8 Å². The van der Waals surface area contributed by atoms with Crippen LogP contribution in [0.3, 0.4) is 0 Å². The fourth-order valence-electron chi connectivity index (χ4n) is 1.60. The van der Waals surface area contributed by atoms with Gasteiger partial charge in [0.05, 0.1) is 10.6 Å². The van der Waals surface area contributed by atoms with Gasteiger partial charge in [0.25, 0.3) is 0 Å². The molecule has 2 N–H and O–H groups in total. The van der Waals surface area contributed by atoms with Crippen LogP contribution >= 0.6 is 23.4 Å². The lowest BCUT2D eigenvalue weighted by Crippen LogP contribution is -2.05. The minimum Gasteiger partial charge on any atom is -0.324 e. The average molecular weight is 333 g/mol. The van der Waals surface area contributed by atoms with E-state index >= 15 is 0 Å². The maximum atomic E-state index is 12.5. The van der Waals surface area contributed by atoms with Crippen molar-refractivity contribution in [3.8, 4) is 0 Å². The zero-order valence-corrected chi connectivity index (χ0v) is 12.6. The Kier molecular flexibility index (Phi) is 4.81. The number of rotatable bonds is 3. The number of pyridine rings is 1. The van der Waals surface area contributed by atoms with E-state index in [4.69, 9.17) is 17.3 Å². The predicted molar refractivity (Wildman–Crippen MR) is 77.4 cm³/mol. The first-order valence-electron chi connectivity index (χ1n) is 6.03. The summed E-state index contributed by atoms with van der Waals surface area (Å²) in [6, 6.07) is 7.56. The first kappa shape index (κ1) is 16.1. The number of halogens is 4. The summed E-state index contributed by atoms with van der Waals surface area (Å²) in [6.07, 6.45) is -3.57. The second-order valence-corrected chi connectivity index (χ2v) is 5.93. The summed E-state index contributed by atoms with van der Waals surface area (Å²) < 4.78 is 37.4. The predicted octanol–water partition coefficient (Wildman–Crippen LogP) is 4.92. The highest BCUT2D eigenvalue weighted by atomic mass is 35.5. The van der Waals surface area contributed by atoms with E-state index in [1.54, 1.807) is 12.1 Å². The molecule has 0 aliphatic rings. The highest BCUT2D eigenvalue weighted by Crippen LogP contribution is 2.35. The van der Waals surface area contributed by atoms with Gasteiger partial charge in [-0.15, -0.1) is 0 Å². The maximum absolute atomic E-state index is 12.5. The molecule has 1 aromatic carbocycles. The van der Waals surface area contributed by atoms with Crippen LogP contribution in [0.2, 0.25) is 5.02 Å². The standard InChI is InChI=1S/C14H12ClF3N2S/c1-8(19)9-2-4-12(11(15)6-9)21-13-5-3-10(7-20-13)14(16,17)18/h2-8H,19H2,1H3/t8-/m1/s1. The highest BCUT2D eigenvalue weighted by molar-refractivity contribution is 7.99. The highest BCUT2D eigenvalue weighted by Gasteiger charge is 2.30. The van der Waals surface area contributed by atoms with E-state index in [1.807, 2.05) is 13.0 Å². The van der Waals surface area contributed by atoms with Gasteiger partial charge in [-0.1, -0.05) is 29.4 Å². The molecule has 2 nitrogen and oxygen atoms in total. The van der Waals surface area contributed by atoms with Crippen molar-refractivity contribution in [2.45, 2.75) is 29.1 Å². The number of nitrogens with two attached hydrogens (primary N) is 1. The van der Waals surface area contributed by atoms with Crippen LogP contribution in [0, 0.1) is 0 Å². The molecule has 1 heterocycles. The fraction of sp³-hybridized carbons (Fsp3) is 0.214. The van der Waals surface area contributed by atoms with Crippen LogP contribution < -0.4 is 5.73 Å². The van der Waals surface area contributed by atoms with Crippen molar-refractivity contribution in [2.75, 3.05) is 0 Å². The van der Waals surface area contributed by atoms with Gasteiger partial charge in [0.15, 0.2) is 0 Å². The molecule has 0 saturated carbocycles. The van der Waals surface area contributed by atoms with Crippen LogP contribution in [0.5, 0.6) is 0 Å². The van der Waals surface area contributed by atoms with Gasteiger partial charge in [-0.05, 0) is 36.8 Å². The first-order chi connectivity index (χ1) is 9.77. The first-order valence-corrected chi connectivity index (χ1v) is 7.23. The Bertz CT molecular complexity index is 627. The maximum Gasteiger partial charge on any atom is 0.417 e. The molecular formula is C14H12ClF3N2S. The molecule has 0 aliphatic carbocycles. The van der Waals surface area contributed by atoms with Crippen LogP contribution in [0.4, 0.5) is 13.2 Å². The van der Waals surface area contributed by atoms with E-state index in [0.717, 1.165) is 17.8 Å². The molecule has 0 bridgehead atoms. The van der Waals surface area contributed by atoms with Gasteiger partial charge in [-0.2, -0.15) is 13.2 Å². The van der Waals surface area contributed by atoms with Crippen molar-refractivity contribution in [3.63, 3.8) is 0 Å². The average Bonchev–Trinajstić information content (AvgIpc) is 2.40. The Labute approximate surface area is 129 Å². The molecule has 0 fully saturated rings. The van der Waals surface area contributed by atoms with Crippen molar-refractivity contribution >= 4 is 23.4 Å². The van der Waals surface area contributed by atoms with Crippen LogP contribution in [-0.4, -0.2) is 4.98 Å². The Balaban J connectivity index is 2.19. The lowest BCUT2D eigenvalue weighted by Gasteiger charge is -2.10. The molecule has 0 amide bonds. The number of alkyl halides is 3. The largest absolute Gasteiger partial charge is 0.417 e. The van der Waals surface area contributed by atoms with Crippen molar-refractivity contribution in [1.82, 2.24) is 4.98 Å². The van der Waals surface area contributed by atoms with Gasteiger partial charge in [-0.3, -0.25) is 0 Å². The third-order valence-corrected chi connectivity index (χ3v) is 4.21. The van der Waals surface area contributed by atoms with Gasteiger partial charge < -0.3 is 5.73 Å². The Morgan fingerprint density at radius 2 is 1.95 bits per heavy atom. The molecule has 21 heavy (non-hydrogen) atoms. The Hall–Kier alpha value is -1.24. The molecule has 1 atom stereocenters. The van der Waals surface area contributed by atoms with E-state index in [-0.39, 0.29) is 6.04 Å². The van der Waals surface area contributed by atoms with E-state index in [2.05, 4.69) is 4.98 Å². The normalized spacial score (nSPS) is 13.2. The Morgan fingerprint density at radius 1 is 1.24 bits per heavy atom. The quantitative estimate of drug-likeness (QED) is 0.866. The minimum absolute atomic E-state index is 0.134. The number of benzene rings is 1. The molecular weight excluding hydrogens is 321 g/mol. The van der Waals surface area contributed by atoms with Crippen molar-refractivity contribution in [1.29, 1.82) is 0 Å². The molecule has 0 unspecified atom stereocenters. The zero-order chi connectivity index (χ0) is 15.6. The van der Waals surface area contributed by atoms with Gasteiger partial charge in [-0.25, -0.2) is 4.98 Å². The van der Waals surface area contributed by atoms with E-state index in [0.29, 0.717) is 14.9 Å². The lowest BCUT2D eigenvalue weighted by molar-refractivity contribution is -0.137. The summed E-state index contributed by atoms with van der Waals surface area (Å²) in [4.78, 5) is 4.51. The molecule has 7 heteroatoms. The van der Waals surface area contributed by atoms with Crippen molar-refractivity contribution in [3.05, 3.63) is 52.7 Å². The van der Waals surface area contributed by atoms with Crippen LogP contribution in [0.15, 0.2) is 46.5 Å². The van der Waals surface area contributed by atoms with Crippen molar-refractivity contribution in [2.24, 2.45) is 5.73 Å².